The third-order valence-electron chi connectivity index (χ3n) is 3.48. The van der Waals surface area contributed by atoms with Gasteiger partial charge >= 0.3 is 8.25 Å². The number of ketones is 1. The molecule has 122 valence electrons. The molecule has 0 bridgehead atoms. The molecule has 0 aliphatic carbocycles. The topological polar surface area (TPSA) is 52.6 Å². The molecule has 0 amide bonds. The summed E-state index contributed by atoms with van der Waals surface area (Å²) in [6.07, 6.45) is 1.63. The summed E-state index contributed by atoms with van der Waals surface area (Å²) < 4.78 is 22.1. The maximum absolute atomic E-state index is 12.8. The van der Waals surface area contributed by atoms with E-state index in [1.165, 1.54) is 0 Å². The van der Waals surface area contributed by atoms with Crippen LogP contribution in [0.4, 0.5) is 0 Å². The first-order chi connectivity index (χ1) is 10.4. The molecular formula is C17H26O4P+. The Balaban J connectivity index is 3.03. The molecule has 0 radical (unpaired) electrons. The lowest BCUT2D eigenvalue weighted by Crippen LogP contribution is -2.24. The minimum Gasteiger partial charge on any atom is -0.291 e. The van der Waals surface area contributed by atoms with Crippen molar-refractivity contribution in [3.8, 4) is 0 Å². The second kappa shape index (κ2) is 9.14. The zero-order chi connectivity index (χ0) is 16.7. The van der Waals surface area contributed by atoms with E-state index < -0.39 is 14.4 Å². The van der Waals surface area contributed by atoms with Crippen LogP contribution >= 0.6 is 8.25 Å². The summed E-state index contributed by atoms with van der Waals surface area (Å²) in [7, 11) is -2.26. The van der Waals surface area contributed by atoms with Crippen molar-refractivity contribution in [2.75, 3.05) is 6.61 Å². The van der Waals surface area contributed by atoms with Gasteiger partial charge in [0.25, 0.3) is 0 Å². The molecule has 22 heavy (non-hydrogen) atoms. The summed E-state index contributed by atoms with van der Waals surface area (Å²) in [6, 6.07) is 3.97. The van der Waals surface area contributed by atoms with Crippen LogP contribution in [-0.4, -0.2) is 18.5 Å². The maximum Gasteiger partial charge on any atom is 0.698 e. The minimum absolute atomic E-state index is 0.105. The number of Topliss-reactive ketones (excluding diaryl/α,β-unsaturated/α-hetero) is 1. The Kier molecular flexibility index (Phi) is 7.88. The average Bonchev–Trinajstić information content (AvgIpc) is 2.42. The van der Waals surface area contributed by atoms with Crippen LogP contribution in [0.15, 0.2) is 12.1 Å². The predicted molar refractivity (Wildman–Crippen MR) is 88.6 cm³/mol. The van der Waals surface area contributed by atoms with Gasteiger partial charge in [-0.05, 0) is 45.2 Å². The molecule has 1 aromatic carbocycles. The van der Waals surface area contributed by atoms with E-state index >= 15 is 0 Å². The zero-order valence-electron chi connectivity index (χ0n) is 14.1. The minimum atomic E-state index is -2.26. The van der Waals surface area contributed by atoms with Crippen LogP contribution in [0.3, 0.4) is 0 Å². The fourth-order valence-electron chi connectivity index (χ4n) is 2.59. The van der Waals surface area contributed by atoms with Crippen LogP contribution in [0.2, 0.25) is 0 Å². The van der Waals surface area contributed by atoms with Crippen LogP contribution in [-0.2, 0) is 13.6 Å². The van der Waals surface area contributed by atoms with Gasteiger partial charge in [0.2, 0.25) is 0 Å². The molecule has 0 saturated heterocycles. The molecule has 0 spiro atoms. The van der Waals surface area contributed by atoms with E-state index in [-0.39, 0.29) is 5.78 Å². The summed E-state index contributed by atoms with van der Waals surface area (Å²) >= 11 is 0. The van der Waals surface area contributed by atoms with Gasteiger partial charge in [0.05, 0.1) is 0 Å². The van der Waals surface area contributed by atoms with E-state index in [2.05, 4.69) is 0 Å². The fraction of sp³-hybridized carbons (Fsp3) is 0.588. The molecule has 4 nitrogen and oxygen atoms in total. The summed E-state index contributed by atoms with van der Waals surface area (Å²) in [5.41, 5.74) is 3.66. The van der Waals surface area contributed by atoms with E-state index in [9.17, 15) is 9.36 Å². The Bertz CT molecular complexity index is 516. The number of carbonyl (C=O) groups excluding carboxylic acids is 1. The lowest BCUT2D eigenvalue weighted by molar-refractivity contribution is 0.0748. The van der Waals surface area contributed by atoms with Gasteiger partial charge in [-0.25, -0.2) is 0 Å². The fourth-order valence-corrected chi connectivity index (χ4v) is 3.27. The van der Waals surface area contributed by atoms with Crippen molar-refractivity contribution in [1.82, 2.24) is 0 Å². The van der Waals surface area contributed by atoms with E-state index in [1.54, 1.807) is 6.92 Å². The molecule has 0 fully saturated rings. The van der Waals surface area contributed by atoms with E-state index in [1.807, 2.05) is 39.8 Å². The number of carbonyl (C=O) groups is 1. The first-order valence-electron chi connectivity index (χ1n) is 7.79. The number of benzene rings is 1. The molecule has 0 saturated carbocycles. The Morgan fingerprint density at radius 3 is 2.27 bits per heavy atom. The number of hydrogen-bond acceptors (Lipinski definition) is 4. The van der Waals surface area contributed by atoms with Gasteiger partial charge in [-0.2, -0.15) is 0 Å². The molecule has 0 N–H and O–H groups in total. The number of rotatable bonds is 9. The van der Waals surface area contributed by atoms with Crippen LogP contribution < -0.4 is 0 Å². The highest BCUT2D eigenvalue weighted by molar-refractivity contribution is 7.33. The summed E-state index contributed by atoms with van der Waals surface area (Å²) in [5.74, 6) is -0.105. The van der Waals surface area contributed by atoms with Crippen molar-refractivity contribution in [3.63, 3.8) is 0 Å². The predicted octanol–water partition coefficient (Wildman–Crippen LogP) is 5.06. The second-order valence-corrected chi connectivity index (χ2v) is 6.43. The molecule has 0 aliphatic rings. The largest absolute Gasteiger partial charge is 0.698 e. The van der Waals surface area contributed by atoms with Crippen molar-refractivity contribution < 1.29 is 18.4 Å². The molecule has 2 atom stereocenters. The smallest absolute Gasteiger partial charge is 0.291 e. The molecular weight excluding hydrogens is 299 g/mol. The highest BCUT2D eigenvalue weighted by atomic mass is 31.1. The van der Waals surface area contributed by atoms with E-state index in [0.29, 0.717) is 18.6 Å². The SMILES string of the molecule is CCCCC(O[P+](=O)OCC)C(=O)c1c(C)cc(C)cc1C. The van der Waals surface area contributed by atoms with Gasteiger partial charge in [0.15, 0.2) is 11.9 Å². The Hall–Kier alpha value is -1.09. The third kappa shape index (κ3) is 5.28. The molecule has 5 heteroatoms. The van der Waals surface area contributed by atoms with Gasteiger partial charge < -0.3 is 0 Å². The van der Waals surface area contributed by atoms with Crippen molar-refractivity contribution in [3.05, 3.63) is 34.4 Å². The first-order valence-corrected chi connectivity index (χ1v) is 8.89. The molecule has 1 rings (SSSR count). The Morgan fingerprint density at radius 2 is 1.77 bits per heavy atom. The van der Waals surface area contributed by atoms with Gasteiger partial charge in [0, 0.05) is 10.1 Å². The molecule has 1 aromatic rings. The zero-order valence-corrected chi connectivity index (χ0v) is 15.0. The molecule has 0 aliphatic heterocycles. The maximum atomic E-state index is 12.8. The molecule has 0 heterocycles. The third-order valence-corrected chi connectivity index (χ3v) is 4.38. The quantitative estimate of drug-likeness (QED) is 0.470. The number of aryl methyl sites for hydroxylation is 3. The molecule has 0 aromatic heterocycles. The van der Waals surface area contributed by atoms with Gasteiger partial charge in [-0.1, -0.05) is 37.5 Å². The number of unbranched alkanes of at least 4 members (excludes halogenated alkanes) is 1. The van der Waals surface area contributed by atoms with Gasteiger partial charge in [0.1, 0.15) is 6.61 Å². The lowest BCUT2D eigenvalue weighted by atomic mass is 9.93. The monoisotopic (exact) mass is 325 g/mol. The normalized spacial score (nSPS) is 13.0. The van der Waals surface area contributed by atoms with Crippen molar-refractivity contribution in [2.24, 2.45) is 0 Å². The highest BCUT2D eigenvalue weighted by Crippen LogP contribution is 2.30. The standard InChI is InChI=1S/C17H26O4P/c1-6-8-9-15(21-22(19)20-7-2)17(18)16-13(4)10-12(3)11-14(16)5/h10-11,15H,6-9H2,1-5H3/q+1. The summed E-state index contributed by atoms with van der Waals surface area (Å²) in [5, 5.41) is 0. The van der Waals surface area contributed by atoms with Crippen LogP contribution in [0.5, 0.6) is 0 Å². The van der Waals surface area contributed by atoms with E-state index in [0.717, 1.165) is 29.5 Å². The van der Waals surface area contributed by atoms with Crippen molar-refractivity contribution in [2.45, 2.75) is 60.0 Å². The molecule has 2 unspecified atom stereocenters. The first kappa shape index (κ1) is 19.0. The Morgan fingerprint density at radius 1 is 1.18 bits per heavy atom. The average molecular weight is 325 g/mol. The number of hydrogen-bond donors (Lipinski definition) is 0. The van der Waals surface area contributed by atoms with Crippen LogP contribution in [0.25, 0.3) is 0 Å². The van der Waals surface area contributed by atoms with Crippen molar-refractivity contribution >= 4 is 14.0 Å². The van der Waals surface area contributed by atoms with Gasteiger partial charge in [-0.3, -0.25) is 4.79 Å². The van der Waals surface area contributed by atoms with Gasteiger partial charge in [-0.15, -0.1) is 9.05 Å². The van der Waals surface area contributed by atoms with Crippen molar-refractivity contribution in [1.29, 1.82) is 0 Å². The lowest BCUT2D eigenvalue weighted by Gasteiger charge is -2.14. The van der Waals surface area contributed by atoms with Crippen LogP contribution in [0.1, 0.15) is 60.2 Å². The van der Waals surface area contributed by atoms with E-state index in [4.69, 9.17) is 9.05 Å². The second-order valence-electron chi connectivity index (χ2n) is 5.52. The summed E-state index contributed by atoms with van der Waals surface area (Å²) in [4.78, 5) is 12.8. The highest BCUT2D eigenvalue weighted by Gasteiger charge is 2.33. The summed E-state index contributed by atoms with van der Waals surface area (Å²) in [6.45, 7) is 9.94. The van der Waals surface area contributed by atoms with Crippen LogP contribution in [0, 0.1) is 20.8 Å². The Labute approximate surface area is 134 Å².